The SMILES string of the molecule is CCOc1cc(C)c(C)cc1-c1cc2cc(C)ccn2c1C=O. The molecular formula is C20H21NO2. The van der Waals surface area contributed by atoms with Gasteiger partial charge in [-0.1, -0.05) is 0 Å². The van der Waals surface area contributed by atoms with E-state index in [1.165, 1.54) is 16.7 Å². The number of rotatable bonds is 4. The molecule has 0 aliphatic carbocycles. The fourth-order valence-electron chi connectivity index (χ4n) is 2.92. The molecule has 3 nitrogen and oxygen atoms in total. The van der Waals surface area contributed by atoms with Crippen molar-refractivity contribution in [2.45, 2.75) is 27.7 Å². The molecule has 3 rings (SSSR count). The van der Waals surface area contributed by atoms with Crippen molar-refractivity contribution in [1.29, 1.82) is 0 Å². The highest BCUT2D eigenvalue weighted by atomic mass is 16.5. The lowest BCUT2D eigenvalue weighted by atomic mass is 9.99. The van der Waals surface area contributed by atoms with E-state index in [1.807, 2.05) is 23.6 Å². The van der Waals surface area contributed by atoms with Crippen molar-refractivity contribution >= 4 is 11.8 Å². The minimum absolute atomic E-state index is 0.596. The van der Waals surface area contributed by atoms with E-state index in [1.54, 1.807) is 0 Å². The summed E-state index contributed by atoms with van der Waals surface area (Å²) < 4.78 is 7.75. The van der Waals surface area contributed by atoms with E-state index in [4.69, 9.17) is 4.74 Å². The van der Waals surface area contributed by atoms with Crippen LogP contribution in [0.4, 0.5) is 0 Å². The maximum absolute atomic E-state index is 11.7. The summed E-state index contributed by atoms with van der Waals surface area (Å²) in [6, 6.07) is 10.3. The van der Waals surface area contributed by atoms with Gasteiger partial charge in [0.25, 0.3) is 0 Å². The molecule has 0 N–H and O–H groups in total. The van der Waals surface area contributed by atoms with Crippen molar-refractivity contribution in [2.75, 3.05) is 6.61 Å². The first-order valence-corrected chi connectivity index (χ1v) is 7.86. The molecule has 0 aliphatic rings. The molecule has 23 heavy (non-hydrogen) atoms. The summed E-state index contributed by atoms with van der Waals surface area (Å²) in [5.74, 6) is 0.825. The van der Waals surface area contributed by atoms with Gasteiger partial charge in [0.1, 0.15) is 5.75 Å². The van der Waals surface area contributed by atoms with Crippen LogP contribution in [0.15, 0.2) is 36.5 Å². The average molecular weight is 307 g/mol. The van der Waals surface area contributed by atoms with Crippen LogP contribution in [0.3, 0.4) is 0 Å². The lowest BCUT2D eigenvalue weighted by Crippen LogP contribution is -1.98. The van der Waals surface area contributed by atoms with Crippen molar-refractivity contribution in [3.63, 3.8) is 0 Å². The maximum Gasteiger partial charge on any atom is 0.167 e. The molecular weight excluding hydrogens is 286 g/mol. The molecule has 0 bridgehead atoms. The van der Waals surface area contributed by atoms with Crippen molar-refractivity contribution < 1.29 is 9.53 Å². The minimum atomic E-state index is 0.596. The van der Waals surface area contributed by atoms with Gasteiger partial charge in [0, 0.05) is 22.8 Å². The molecule has 0 saturated carbocycles. The molecule has 1 aromatic carbocycles. The van der Waals surface area contributed by atoms with Crippen LogP contribution in [0.1, 0.15) is 34.1 Å². The zero-order valence-corrected chi connectivity index (χ0v) is 14.0. The number of aldehydes is 1. The molecule has 0 amide bonds. The van der Waals surface area contributed by atoms with Crippen LogP contribution >= 0.6 is 0 Å². The number of carbonyl (C=O) groups excluding carboxylic acids is 1. The first-order valence-electron chi connectivity index (χ1n) is 7.86. The summed E-state index contributed by atoms with van der Waals surface area (Å²) in [7, 11) is 0. The number of benzene rings is 1. The van der Waals surface area contributed by atoms with Crippen LogP contribution in [0.25, 0.3) is 16.6 Å². The number of fused-ring (bicyclic) bond motifs is 1. The Labute approximate surface area is 136 Å². The first kappa shape index (κ1) is 15.3. The van der Waals surface area contributed by atoms with Crippen LogP contribution in [0.5, 0.6) is 5.75 Å². The largest absolute Gasteiger partial charge is 0.493 e. The molecule has 0 spiro atoms. The third-order valence-corrected chi connectivity index (χ3v) is 4.27. The monoisotopic (exact) mass is 307 g/mol. The van der Waals surface area contributed by atoms with E-state index in [0.29, 0.717) is 12.3 Å². The van der Waals surface area contributed by atoms with E-state index in [0.717, 1.165) is 28.7 Å². The van der Waals surface area contributed by atoms with Crippen LogP contribution in [0.2, 0.25) is 0 Å². The number of hydrogen-bond acceptors (Lipinski definition) is 2. The van der Waals surface area contributed by atoms with Gasteiger partial charge in [-0.2, -0.15) is 0 Å². The van der Waals surface area contributed by atoms with Gasteiger partial charge < -0.3 is 9.14 Å². The summed E-state index contributed by atoms with van der Waals surface area (Å²) >= 11 is 0. The fraction of sp³-hybridized carbons (Fsp3) is 0.250. The van der Waals surface area contributed by atoms with Gasteiger partial charge in [0.2, 0.25) is 0 Å². The highest BCUT2D eigenvalue weighted by molar-refractivity contribution is 5.91. The Morgan fingerprint density at radius 3 is 2.48 bits per heavy atom. The van der Waals surface area contributed by atoms with Crippen molar-refractivity contribution in [1.82, 2.24) is 4.40 Å². The molecule has 0 radical (unpaired) electrons. The normalized spacial score (nSPS) is 11.0. The second-order valence-electron chi connectivity index (χ2n) is 5.93. The topological polar surface area (TPSA) is 30.7 Å². The predicted molar refractivity (Wildman–Crippen MR) is 93.6 cm³/mol. The number of aromatic nitrogens is 1. The number of pyridine rings is 1. The zero-order valence-electron chi connectivity index (χ0n) is 14.0. The van der Waals surface area contributed by atoms with Gasteiger partial charge in [-0.3, -0.25) is 4.79 Å². The Morgan fingerprint density at radius 2 is 1.78 bits per heavy atom. The Hall–Kier alpha value is -2.55. The quantitative estimate of drug-likeness (QED) is 0.652. The van der Waals surface area contributed by atoms with Crippen LogP contribution in [0, 0.1) is 20.8 Å². The zero-order chi connectivity index (χ0) is 16.6. The van der Waals surface area contributed by atoms with Crippen LogP contribution in [-0.4, -0.2) is 17.3 Å². The smallest absolute Gasteiger partial charge is 0.167 e. The van der Waals surface area contributed by atoms with Crippen LogP contribution < -0.4 is 4.74 Å². The molecule has 2 heterocycles. The molecule has 0 saturated heterocycles. The Morgan fingerprint density at radius 1 is 1.04 bits per heavy atom. The van der Waals surface area contributed by atoms with Gasteiger partial charge in [-0.15, -0.1) is 0 Å². The third kappa shape index (κ3) is 2.63. The molecule has 0 atom stereocenters. The van der Waals surface area contributed by atoms with Crippen molar-refractivity contribution in [3.05, 3.63) is 58.9 Å². The molecule has 0 fully saturated rings. The summed E-state index contributed by atoms with van der Waals surface area (Å²) in [4.78, 5) is 11.7. The number of ether oxygens (including phenoxy) is 1. The minimum Gasteiger partial charge on any atom is -0.493 e. The van der Waals surface area contributed by atoms with Gasteiger partial charge >= 0.3 is 0 Å². The number of nitrogens with zero attached hydrogens (tertiary/aromatic N) is 1. The number of aryl methyl sites for hydroxylation is 3. The molecule has 0 aliphatic heterocycles. The van der Waals surface area contributed by atoms with Gasteiger partial charge in [-0.05, 0) is 74.7 Å². The van der Waals surface area contributed by atoms with E-state index >= 15 is 0 Å². The standard InChI is InChI=1S/C20H21NO2/c1-5-23-20-10-15(4)14(3)9-18(20)17-11-16-8-13(2)6-7-21(16)19(17)12-22/h6-12H,5H2,1-4H3. The predicted octanol–water partition coefficient (Wildman–Crippen LogP) is 4.74. The Kier molecular flexibility index (Phi) is 3.95. The van der Waals surface area contributed by atoms with E-state index in [2.05, 4.69) is 45.0 Å². The second kappa shape index (κ2) is 5.92. The van der Waals surface area contributed by atoms with Crippen molar-refractivity contribution in [2.24, 2.45) is 0 Å². The second-order valence-corrected chi connectivity index (χ2v) is 5.93. The summed E-state index contributed by atoms with van der Waals surface area (Å²) in [6.07, 6.45) is 2.86. The van der Waals surface area contributed by atoms with Crippen LogP contribution in [-0.2, 0) is 0 Å². The number of hydrogen-bond donors (Lipinski definition) is 0. The fourth-order valence-corrected chi connectivity index (χ4v) is 2.92. The molecule has 3 aromatic rings. The first-order chi connectivity index (χ1) is 11.0. The number of carbonyl (C=O) groups is 1. The third-order valence-electron chi connectivity index (χ3n) is 4.27. The molecule has 118 valence electrons. The van der Waals surface area contributed by atoms with E-state index in [-0.39, 0.29) is 0 Å². The van der Waals surface area contributed by atoms with E-state index in [9.17, 15) is 4.79 Å². The van der Waals surface area contributed by atoms with Gasteiger partial charge in [-0.25, -0.2) is 0 Å². The summed E-state index contributed by atoms with van der Waals surface area (Å²) in [6.45, 7) is 8.77. The lowest BCUT2D eigenvalue weighted by molar-refractivity contribution is 0.111. The Bertz CT molecular complexity index is 890. The van der Waals surface area contributed by atoms with Gasteiger partial charge in [0.05, 0.1) is 12.3 Å². The van der Waals surface area contributed by atoms with Crippen molar-refractivity contribution in [3.8, 4) is 16.9 Å². The maximum atomic E-state index is 11.7. The molecule has 3 heteroatoms. The average Bonchev–Trinajstić information content (AvgIpc) is 2.88. The summed E-state index contributed by atoms with van der Waals surface area (Å²) in [5.41, 5.74) is 7.10. The van der Waals surface area contributed by atoms with Gasteiger partial charge in [0.15, 0.2) is 6.29 Å². The lowest BCUT2D eigenvalue weighted by Gasteiger charge is -2.13. The summed E-state index contributed by atoms with van der Waals surface area (Å²) in [5, 5.41) is 0. The highest BCUT2D eigenvalue weighted by Gasteiger charge is 2.16. The van der Waals surface area contributed by atoms with E-state index < -0.39 is 0 Å². The highest BCUT2D eigenvalue weighted by Crippen LogP contribution is 2.36. The molecule has 2 aromatic heterocycles. The Balaban J connectivity index is 2.31. The molecule has 0 unspecified atom stereocenters.